The first-order valence-electron chi connectivity index (χ1n) is 10.6. The van der Waals surface area contributed by atoms with E-state index in [0.29, 0.717) is 17.3 Å². The smallest absolute Gasteiger partial charge is 0.345 e. The van der Waals surface area contributed by atoms with Gasteiger partial charge in [0.1, 0.15) is 4.88 Å². The lowest BCUT2D eigenvalue weighted by Gasteiger charge is -2.23. The third-order valence-electron chi connectivity index (χ3n) is 6.13. The summed E-state index contributed by atoms with van der Waals surface area (Å²) in [4.78, 5) is 16.3. The molecule has 1 fully saturated rings. The molecule has 1 saturated carbocycles. The molecule has 0 atom stereocenters. The van der Waals surface area contributed by atoms with Crippen molar-refractivity contribution in [2.75, 3.05) is 0 Å². The summed E-state index contributed by atoms with van der Waals surface area (Å²) in [6.45, 7) is 0.700. The van der Waals surface area contributed by atoms with Gasteiger partial charge in [0, 0.05) is 18.9 Å². The predicted octanol–water partition coefficient (Wildman–Crippen LogP) is 6.56. The zero-order chi connectivity index (χ0) is 20.5. The molecule has 0 radical (unpaired) electrons. The molecule has 1 N–H and O–H groups in total. The van der Waals surface area contributed by atoms with E-state index in [1.54, 1.807) is 0 Å². The molecule has 1 aliphatic carbocycles. The van der Waals surface area contributed by atoms with E-state index in [-0.39, 0.29) is 0 Å². The van der Waals surface area contributed by atoms with E-state index in [2.05, 4.69) is 33.8 Å². The molecule has 0 bridgehead atoms. The Morgan fingerprint density at radius 3 is 2.50 bits per heavy atom. The van der Waals surface area contributed by atoms with Gasteiger partial charge >= 0.3 is 5.97 Å². The number of carbonyl (C=O) groups is 1. The molecule has 30 heavy (non-hydrogen) atoms. The third-order valence-corrected chi connectivity index (χ3v) is 7.28. The van der Waals surface area contributed by atoms with E-state index < -0.39 is 5.97 Å². The Morgan fingerprint density at radius 2 is 1.80 bits per heavy atom. The normalized spacial score (nSPS) is 14.9. The number of aromatic carboxylic acids is 1. The number of carboxylic acids is 1. The highest BCUT2D eigenvalue weighted by molar-refractivity contribution is 7.21. The molecule has 1 aromatic carbocycles. The first-order chi connectivity index (χ1) is 14.7. The minimum atomic E-state index is -0.845. The van der Waals surface area contributed by atoms with Crippen LogP contribution in [0.2, 0.25) is 0 Å². The van der Waals surface area contributed by atoms with Crippen LogP contribution in [0.1, 0.15) is 58.8 Å². The summed E-state index contributed by atoms with van der Waals surface area (Å²) in [5.74, 6) is -0.363. The minimum absolute atomic E-state index is 0.417. The molecule has 1 aliphatic rings. The number of hydrogen-bond donors (Lipinski definition) is 1. The SMILES string of the molecule is O=C(O)c1cc2c(s1)c(C1CCCCC1)c(-c1ccccc1)n2Cc1ccncc1. The number of nitrogens with zero attached hydrogens (tertiary/aromatic N) is 2. The number of fused-ring (bicyclic) bond motifs is 1. The van der Waals surface area contributed by atoms with Crippen LogP contribution < -0.4 is 0 Å². The molecule has 4 nitrogen and oxygen atoms in total. The van der Waals surface area contributed by atoms with E-state index in [1.165, 1.54) is 60.3 Å². The van der Waals surface area contributed by atoms with E-state index in [4.69, 9.17) is 0 Å². The molecule has 0 saturated heterocycles. The van der Waals surface area contributed by atoms with Gasteiger partial charge in [0.15, 0.2) is 0 Å². The molecule has 4 aromatic rings. The molecule has 5 heteroatoms. The van der Waals surface area contributed by atoms with Crippen LogP contribution in [0.15, 0.2) is 60.9 Å². The number of rotatable bonds is 5. The fraction of sp³-hybridized carbons (Fsp3) is 0.280. The lowest BCUT2D eigenvalue weighted by Crippen LogP contribution is -2.08. The highest BCUT2D eigenvalue weighted by atomic mass is 32.1. The Bertz CT molecular complexity index is 1170. The van der Waals surface area contributed by atoms with E-state index in [1.807, 2.05) is 36.7 Å². The van der Waals surface area contributed by atoms with Crippen molar-refractivity contribution in [2.24, 2.45) is 0 Å². The van der Waals surface area contributed by atoms with Gasteiger partial charge < -0.3 is 9.67 Å². The lowest BCUT2D eigenvalue weighted by atomic mass is 9.83. The molecule has 0 amide bonds. The summed E-state index contributed by atoms with van der Waals surface area (Å²) >= 11 is 1.43. The van der Waals surface area contributed by atoms with E-state index in [0.717, 1.165) is 15.8 Å². The van der Waals surface area contributed by atoms with Gasteiger partial charge in [-0.3, -0.25) is 4.98 Å². The summed E-state index contributed by atoms with van der Waals surface area (Å²) < 4.78 is 3.47. The highest BCUT2D eigenvalue weighted by Crippen LogP contribution is 2.46. The number of benzene rings is 1. The zero-order valence-corrected chi connectivity index (χ0v) is 17.6. The Balaban J connectivity index is 1.78. The van der Waals surface area contributed by atoms with Gasteiger partial charge in [-0.25, -0.2) is 4.79 Å². The Kier molecular flexibility index (Phi) is 5.13. The number of carboxylic acid groups (broad SMARTS) is 1. The number of pyridine rings is 1. The Hall–Kier alpha value is -2.92. The third kappa shape index (κ3) is 3.43. The van der Waals surface area contributed by atoms with Gasteiger partial charge in [0.25, 0.3) is 0 Å². The van der Waals surface area contributed by atoms with Gasteiger partial charge in [-0.15, -0.1) is 11.3 Å². The predicted molar refractivity (Wildman–Crippen MR) is 121 cm³/mol. The van der Waals surface area contributed by atoms with Crippen molar-refractivity contribution in [3.05, 3.63) is 76.9 Å². The van der Waals surface area contributed by atoms with Crippen molar-refractivity contribution in [3.63, 3.8) is 0 Å². The van der Waals surface area contributed by atoms with E-state index >= 15 is 0 Å². The summed E-state index contributed by atoms with van der Waals surface area (Å²) in [6, 6.07) is 16.5. The fourth-order valence-electron chi connectivity index (χ4n) is 4.77. The number of hydrogen-bond acceptors (Lipinski definition) is 3. The molecule has 3 aromatic heterocycles. The quantitative estimate of drug-likeness (QED) is 0.401. The topological polar surface area (TPSA) is 55.1 Å². The van der Waals surface area contributed by atoms with Gasteiger partial charge in [0.2, 0.25) is 0 Å². The molecule has 152 valence electrons. The number of aromatic nitrogens is 2. The van der Waals surface area contributed by atoms with Crippen molar-refractivity contribution in [1.82, 2.24) is 9.55 Å². The first-order valence-corrected chi connectivity index (χ1v) is 11.4. The molecule has 0 unspecified atom stereocenters. The summed E-state index contributed by atoms with van der Waals surface area (Å²) in [5.41, 5.74) is 6.00. The largest absolute Gasteiger partial charge is 0.477 e. The van der Waals surface area contributed by atoms with Crippen molar-refractivity contribution in [2.45, 2.75) is 44.6 Å². The van der Waals surface area contributed by atoms with Crippen molar-refractivity contribution in [1.29, 1.82) is 0 Å². The van der Waals surface area contributed by atoms with Crippen LogP contribution in [0, 0.1) is 0 Å². The first kappa shape index (κ1) is 19.1. The second-order valence-electron chi connectivity index (χ2n) is 8.04. The van der Waals surface area contributed by atoms with Crippen LogP contribution in [-0.4, -0.2) is 20.6 Å². The summed E-state index contributed by atoms with van der Waals surface area (Å²) in [6.07, 6.45) is 9.76. The summed E-state index contributed by atoms with van der Waals surface area (Å²) in [7, 11) is 0. The average molecular weight is 417 g/mol. The molecule has 5 rings (SSSR count). The van der Waals surface area contributed by atoms with Crippen molar-refractivity contribution in [3.8, 4) is 11.3 Å². The van der Waals surface area contributed by atoms with Crippen LogP contribution in [0.4, 0.5) is 0 Å². The monoisotopic (exact) mass is 416 g/mol. The second kappa shape index (κ2) is 8.07. The maximum atomic E-state index is 11.8. The van der Waals surface area contributed by atoms with Crippen LogP contribution in [-0.2, 0) is 6.54 Å². The zero-order valence-electron chi connectivity index (χ0n) is 16.8. The molecule has 3 heterocycles. The van der Waals surface area contributed by atoms with Crippen LogP contribution in [0.25, 0.3) is 21.5 Å². The summed E-state index contributed by atoms with van der Waals surface area (Å²) in [5, 5.41) is 9.67. The fourth-order valence-corrected chi connectivity index (χ4v) is 5.89. The highest BCUT2D eigenvalue weighted by Gasteiger charge is 2.28. The molecule has 0 spiro atoms. The van der Waals surface area contributed by atoms with Gasteiger partial charge in [0.05, 0.1) is 15.9 Å². The Morgan fingerprint density at radius 1 is 1.07 bits per heavy atom. The number of thiophene rings is 1. The standard InChI is InChI=1S/C25H24N2O2S/c28-25(29)21-15-20-24(30-21)22(18-7-3-1-4-8-18)23(19-9-5-2-6-10-19)27(20)16-17-11-13-26-14-12-17/h2,5-6,9-15,18H,1,3-4,7-8,16H2,(H,28,29). The maximum absolute atomic E-state index is 11.8. The van der Waals surface area contributed by atoms with Crippen LogP contribution in [0.5, 0.6) is 0 Å². The molecular weight excluding hydrogens is 392 g/mol. The van der Waals surface area contributed by atoms with Crippen molar-refractivity contribution < 1.29 is 9.90 Å². The average Bonchev–Trinajstić information content (AvgIpc) is 3.34. The second-order valence-corrected chi connectivity index (χ2v) is 9.09. The van der Waals surface area contributed by atoms with Crippen LogP contribution >= 0.6 is 11.3 Å². The maximum Gasteiger partial charge on any atom is 0.345 e. The molecular formula is C25H24N2O2S. The Labute approximate surface area is 179 Å². The van der Waals surface area contributed by atoms with Gasteiger partial charge in [-0.2, -0.15) is 0 Å². The van der Waals surface area contributed by atoms with Crippen LogP contribution in [0.3, 0.4) is 0 Å². The van der Waals surface area contributed by atoms with Gasteiger partial charge in [-0.1, -0.05) is 49.6 Å². The van der Waals surface area contributed by atoms with Gasteiger partial charge in [-0.05, 0) is 53.6 Å². The minimum Gasteiger partial charge on any atom is -0.477 e. The molecule has 0 aliphatic heterocycles. The van der Waals surface area contributed by atoms with E-state index in [9.17, 15) is 9.90 Å². The van der Waals surface area contributed by atoms with Crippen molar-refractivity contribution >= 4 is 27.5 Å². The lowest BCUT2D eigenvalue weighted by molar-refractivity contribution is 0.0702.